The molecule has 5 rings (SSSR count). The molecule has 1 unspecified atom stereocenters. The lowest BCUT2D eigenvalue weighted by Gasteiger charge is -2.25. The number of aromatic nitrogens is 2. The first kappa shape index (κ1) is 21.7. The Hall–Kier alpha value is -4.11. The molecule has 2 aromatic heterocycles. The number of carbonyl (C=O) groups excluding carboxylic acids is 2. The fourth-order valence-corrected chi connectivity index (χ4v) is 4.76. The number of ether oxygens (including phenoxy) is 1. The van der Waals surface area contributed by atoms with E-state index in [2.05, 4.69) is 9.97 Å². The van der Waals surface area contributed by atoms with E-state index in [4.69, 9.17) is 4.74 Å². The molecular formula is C25H22N4O4S. The molecule has 0 fully saturated rings. The van der Waals surface area contributed by atoms with E-state index in [0.717, 1.165) is 5.69 Å². The number of aliphatic hydroxyl groups is 1. The number of thiophene rings is 1. The molecule has 0 spiro atoms. The standard InChI is InChI=1S/C25H22N4O4S/c1-28(2)15-8-6-14(7-9-15)21-20(22(30)19-5-4-12-34-19)23(31)24(32)29(21)25-26-17-11-10-16(33-3)13-18(17)27-25/h4-13,21,31H,1-3H3,(H,26,27). The number of nitrogens with one attached hydrogen (secondary N) is 1. The number of H-pyrrole nitrogens is 1. The SMILES string of the molecule is COc1ccc2nc(N3C(=O)C(O)=C(C(=O)c4cccs4)C3c3ccc(N(C)C)cc3)[nH]c2c1. The number of methoxy groups -OCH3 is 1. The van der Waals surface area contributed by atoms with Crippen molar-refractivity contribution in [3.05, 3.63) is 81.8 Å². The Labute approximate surface area is 199 Å². The number of fused-ring (bicyclic) bond motifs is 1. The van der Waals surface area contributed by atoms with Crippen LogP contribution in [0.15, 0.2) is 71.3 Å². The van der Waals surface area contributed by atoms with Crippen molar-refractivity contribution in [2.24, 2.45) is 0 Å². The fourth-order valence-electron chi connectivity index (χ4n) is 4.08. The van der Waals surface area contributed by atoms with Crippen LogP contribution in [0.2, 0.25) is 0 Å². The molecule has 2 aromatic carbocycles. The first-order valence-corrected chi connectivity index (χ1v) is 11.4. The highest BCUT2D eigenvalue weighted by molar-refractivity contribution is 7.12. The molecule has 34 heavy (non-hydrogen) atoms. The zero-order valence-corrected chi connectivity index (χ0v) is 19.6. The van der Waals surface area contributed by atoms with Crippen molar-refractivity contribution in [1.29, 1.82) is 0 Å². The molecule has 172 valence electrons. The maximum atomic E-state index is 13.4. The summed E-state index contributed by atoms with van der Waals surface area (Å²) >= 11 is 1.26. The van der Waals surface area contributed by atoms with Crippen LogP contribution in [0.4, 0.5) is 11.6 Å². The van der Waals surface area contributed by atoms with Crippen LogP contribution in [-0.4, -0.2) is 48.0 Å². The summed E-state index contributed by atoms with van der Waals surface area (Å²) in [6.07, 6.45) is 0. The second kappa shape index (κ2) is 8.35. The zero-order chi connectivity index (χ0) is 24.0. The molecule has 0 saturated carbocycles. The Kier molecular flexibility index (Phi) is 5.33. The van der Waals surface area contributed by atoms with Crippen LogP contribution in [-0.2, 0) is 4.79 Å². The number of aliphatic hydroxyl groups excluding tert-OH is 1. The van der Waals surface area contributed by atoms with E-state index >= 15 is 0 Å². The summed E-state index contributed by atoms with van der Waals surface area (Å²) in [5, 5.41) is 12.7. The molecule has 9 heteroatoms. The van der Waals surface area contributed by atoms with Crippen molar-refractivity contribution in [2.45, 2.75) is 6.04 Å². The van der Waals surface area contributed by atoms with Gasteiger partial charge in [-0.05, 0) is 41.3 Å². The van der Waals surface area contributed by atoms with Gasteiger partial charge < -0.3 is 19.7 Å². The third kappa shape index (κ3) is 3.50. The van der Waals surface area contributed by atoms with Crippen LogP contribution in [0.1, 0.15) is 21.3 Å². The topological polar surface area (TPSA) is 98.8 Å². The number of Topliss-reactive ketones (excluding diaryl/α,β-unsaturated/α-hetero) is 1. The highest BCUT2D eigenvalue weighted by Gasteiger charge is 2.46. The molecule has 4 aromatic rings. The van der Waals surface area contributed by atoms with Gasteiger partial charge in [-0.15, -0.1) is 11.3 Å². The first-order valence-electron chi connectivity index (χ1n) is 10.5. The lowest BCUT2D eigenvalue weighted by atomic mass is 9.95. The predicted octanol–water partition coefficient (Wildman–Crippen LogP) is 4.48. The van der Waals surface area contributed by atoms with Crippen molar-refractivity contribution >= 4 is 45.7 Å². The van der Waals surface area contributed by atoms with Gasteiger partial charge in [0.15, 0.2) is 5.76 Å². The van der Waals surface area contributed by atoms with Crippen LogP contribution in [0.25, 0.3) is 11.0 Å². The minimum absolute atomic E-state index is 0.0306. The maximum absolute atomic E-state index is 13.4. The van der Waals surface area contributed by atoms with Gasteiger partial charge in [0.25, 0.3) is 5.91 Å². The Morgan fingerprint density at radius 2 is 1.94 bits per heavy atom. The van der Waals surface area contributed by atoms with Crippen LogP contribution in [0.3, 0.4) is 0 Å². The van der Waals surface area contributed by atoms with E-state index in [0.29, 0.717) is 27.2 Å². The summed E-state index contributed by atoms with van der Waals surface area (Å²) in [5.41, 5.74) is 2.98. The molecule has 0 radical (unpaired) electrons. The molecule has 1 atom stereocenters. The number of hydrogen-bond donors (Lipinski definition) is 2. The van der Waals surface area contributed by atoms with E-state index in [-0.39, 0.29) is 17.3 Å². The number of hydrogen-bond acceptors (Lipinski definition) is 7. The number of amides is 1. The van der Waals surface area contributed by atoms with Crippen LogP contribution >= 0.6 is 11.3 Å². The second-order valence-electron chi connectivity index (χ2n) is 8.08. The highest BCUT2D eigenvalue weighted by Crippen LogP contribution is 2.42. The molecule has 1 aliphatic heterocycles. The number of rotatable bonds is 6. The van der Waals surface area contributed by atoms with Crippen molar-refractivity contribution in [1.82, 2.24) is 9.97 Å². The monoisotopic (exact) mass is 474 g/mol. The largest absolute Gasteiger partial charge is 0.503 e. The van der Waals surface area contributed by atoms with Crippen molar-refractivity contribution in [3.63, 3.8) is 0 Å². The van der Waals surface area contributed by atoms with Crippen LogP contribution in [0.5, 0.6) is 5.75 Å². The molecule has 2 N–H and O–H groups in total. The molecule has 1 aliphatic rings. The van der Waals surface area contributed by atoms with E-state index in [9.17, 15) is 14.7 Å². The molecule has 0 aliphatic carbocycles. The average molecular weight is 475 g/mol. The first-order chi connectivity index (χ1) is 16.4. The number of aromatic amines is 1. The molecule has 3 heterocycles. The summed E-state index contributed by atoms with van der Waals surface area (Å²) in [4.78, 5) is 38.2. The van der Waals surface area contributed by atoms with Gasteiger partial charge in [0.1, 0.15) is 5.75 Å². The van der Waals surface area contributed by atoms with E-state index in [1.165, 1.54) is 16.2 Å². The van der Waals surface area contributed by atoms with Gasteiger partial charge in [-0.25, -0.2) is 4.98 Å². The number of imidazole rings is 1. The Bertz CT molecular complexity index is 1420. The molecule has 8 nitrogen and oxygen atoms in total. The third-order valence-corrected chi connectivity index (χ3v) is 6.70. The van der Waals surface area contributed by atoms with Gasteiger partial charge in [0.2, 0.25) is 11.7 Å². The maximum Gasteiger partial charge on any atom is 0.296 e. The summed E-state index contributed by atoms with van der Waals surface area (Å²) in [7, 11) is 5.43. The lowest BCUT2D eigenvalue weighted by Crippen LogP contribution is -2.32. The van der Waals surface area contributed by atoms with Crippen molar-refractivity contribution in [2.75, 3.05) is 31.0 Å². The molecule has 0 bridgehead atoms. The average Bonchev–Trinajstić information content (AvgIpc) is 3.57. The van der Waals surface area contributed by atoms with Crippen LogP contribution in [0, 0.1) is 0 Å². The van der Waals surface area contributed by atoms with Gasteiger partial charge in [0, 0.05) is 25.8 Å². The minimum Gasteiger partial charge on any atom is -0.503 e. The zero-order valence-electron chi connectivity index (χ0n) is 18.8. The molecule has 1 amide bonds. The summed E-state index contributed by atoms with van der Waals surface area (Å²) in [5.74, 6) is -0.773. The third-order valence-electron chi connectivity index (χ3n) is 5.83. The normalized spacial score (nSPS) is 15.9. The van der Waals surface area contributed by atoms with E-state index < -0.39 is 17.7 Å². The molecular weight excluding hydrogens is 452 g/mol. The Morgan fingerprint density at radius 1 is 1.18 bits per heavy atom. The van der Waals surface area contributed by atoms with Gasteiger partial charge in [-0.2, -0.15) is 0 Å². The summed E-state index contributed by atoms with van der Waals surface area (Å²) in [6, 6.07) is 15.4. The summed E-state index contributed by atoms with van der Waals surface area (Å²) < 4.78 is 5.28. The van der Waals surface area contributed by atoms with Crippen LogP contribution < -0.4 is 14.5 Å². The van der Waals surface area contributed by atoms with E-state index in [1.54, 1.807) is 42.8 Å². The second-order valence-corrected chi connectivity index (χ2v) is 9.02. The van der Waals surface area contributed by atoms with Crippen molar-refractivity contribution in [3.8, 4) is 5.75 Å². The van der Waals surface area contributed by atoms with Crippen molar-refractivity contribution < 1.29 is 19.4 Å². The highest BCUT2D eigenvalue weighted by atomic mass is 32.1. The lowest BCUT2D eigenvalue weighted by molar-refractivity contribution is -0.117. The summed E-state index contributed by atoms with van der Waals surface area (Å²) in [6.45, 7) is 0. The Balaban J connectivity index is 1.66. The smallest absolute Gasteiger partial charge is 0.296 e. The fraction of sp³-hybridized carbons (Fsp3) is 0.160. The predicted molar refractivity (Wildman–Crippen MR) is 132 cm³/mol. The van der Waals surface area contributed by atoms with Gasteiger partial charge in [0.05, 0.1) is 34.6 Å². The number of carbonyl (C=O) groups is 2. The minimum atomic E-state index is -0.847. The molecule has 0 saturated heterocycles. The van der Waals surface area contributed by atoms with E-state index in [1.807, 2.05) is 43.3 Å². The van der Waals surface area contributed by atoms with Gasteiger partial charge in [-0.3, -0.25) is 14.5 Å². The Morgan fingerprint density at radius 3 is 2.59 bits per heavy atom. The quantitative estimate of drug-likeness (QED) is 0.400. The number of nitrogens with zero attached hydrogens (tertiary/aromatic N) is 3. The number of benzene rings is 2. The van der Waals surface area contributed by atoms with Gasteiger partial charge in [-0.1, -0.05) is 18.2 Å². The number of ketones is 1. The van der Waals surface area contributed by atoms with Gasteiger partial charge >= 0.3 is 0 Å². The number of anilines is 2.